The van der Waals surface area contributed by atoms with Crippen molar-refractivity contribution in [3.05, 3.63) is 40.2 Å². The number of halogens is 1. The van der Waals surface area contributed by atoms with Crippen LogP contribution in [-0.4, -0.2) is 11.5 Å². The SMILES string of the molecule is CCCNCc1coc(-c2ccc(C)c(Br)c2)n1. The van der Waals surface area contributed by atoms with Crippen molar-refractivity contribution < 1.29 is 4.42 Å². The van der Waals surface area contributed by atoms with Crippen molar-refractivity contribution in [2.24, 2.45) is 0 Å². The molecule has 1 aromatic heterocycles. The van der Waals surface area contributed by atoms with Crippen molar-refractivity contribution in [1.82, 2.24) is 10.3 Å². The Morgan fingerprint density at radius 1 is 1.39 bits per heavy atom. The number of benzene rings is 1. The van der Waals surface area contributed by atoms with Gasteiger partial charge in [-0.1, -0.05) is 28.9 Å². The van der Waals surface area contributed by atoms with Gasteiger partial charge in [-0.15, -0.1) is 0 Å². The molecule has 2 aromatic rings. The molecule has 0 saturated heterocycles. The Bertz CT molecular complexity index is 522. The zero-order valence-corrected chi connectivity index (χ0v) is 12.3. The highest BCUT2D eigenvalue weighted by Crippen LogP contribution is 2.25. The Morgan fingerprint density at radius 3 is 2.94 bits per heavy atom. The highest BCUT2D eigenvalue weighted by atomic mass is 79.9. The molecule has 2 rings (SSSR count). The molecule has 0 aliphatic carbocycles. The van der Waals surface area contributed by atoms with E-state index in [1.165, 1.54) is 5.56 Å². The summed E-state index contributed by atoms with van der Waals surface area (Å²) in [6.45, 7) is 5.96. The molecule has 0 saturated carbocycles. The Morgan fingerprint density at radius 2 is 2.22 bits per heavy atom. The first-order chi connectivity index (χ1) is 8.70. The van der Waals surface area contributed by atoms with Gasteiger partial charge in [-0.25, -0.2) is 4.98 Å². The van der Waals surface area contributed by atoms with Gasteiger partial charge in [0.1, 0.15) is 6.26 Å². The summed E-state index contributed by atoms with van der Waals surface area (Å²) in [5, 5.41) is 3.30. The van der Waals surface area contributed by atoms with E-state index in [1.54, 1.807) is 6.26 Å². The minimum absolute atomic E-state index is 0.670. The molecule has 1 heterocycles. The Labute approximate surface area is 116 Å². The summed E-state index contributed by atoms with van der Waals surface area (Å²) in [4.78, 5) is 4.47. The summed E-state index contributed by atoms with van der Waals surface area (Å²) in [5.74, 6) is 0.670. The van der Waals surface area contributed by atoms with Crippen LogP contribution >= 0.6 is 15.9 Å². The minimum Gasteiger partial charge on any atom is -0.444 e. The van der Waals surface area contributed by atoms with Crippen LogP contribution in [0.5, 0.6) is 0 Å². The fourth-order valence-electron chi connectivity index (χ4n) is 1.64. The van der Waals surface area contributed by atoms with Crippen LogP contribution in [0.1, 0.15) is 24.6 Å². The molecule has 0 atom stereocenters. The smallest absolute Gasteiger partial charge is 0.226 e. The summed E-state index contributed by atoms with van der Waals surface area (Å²) in [6.07, 6.45) is 2.83. The average Bonchev–Trinajstić information content (AvgIpc) is 2.82. The van der Waals surface area contributed by atoms with E-state index in [0.717, 1.165) is 35.2 Å². The van der Waals surface area contributed by atoms with E-state index in [2.05, 4.69) is 46.1 Å². The third-order valence-electron chi connectivity index (χ3n) is 2.70. The van der Waals surface area contributed by atoms with Gasteiger partial charge in [0.05, 0.1) is 5.69 Å². The molecule has 0 unspecified atom stereocenters. The van der Waals surface area contributed by atoms with E-state index in [9.17, 15) is 0 Å². The highest BCUT2D eigenvalue weighted by molar-refractivity contribution is 9.10. The molecule has 0 aliphatic heterocycles. The average molecular weight is 309 g/mol. The molecule has 4 heteroatoms. The van der Waals surface area contributed by atoms with Gasteiger partial charge in [0.25, 0.3) is 0 Å². The second-order valence-corrected chi connectivity index (χ2v) is 5.14. The number of hydrogen-bond donors (Lipinski definition) is 1. The van der Waals surface area contributed by atoms with Crippen LogP contribution in [0.4, 0.5) is 0 Å². The van der Waals surface area contributed by atoms with E-state index in [0.29, 0.717) is 5.89 Å². The van der Waals surface area contributed by atoms with Crippen LogP contribution in [-0.2, 0) is 6.54 Å². The van der Waals surface area contributed by atoms with Crippen molar-refractivity contribution in [3.63, 3.8) is 0 Å². The topological polar surface area (TPSA) is 38.1 Å². The normalized spacial score (nSPS) is 10.8. The van der Waals surface area contributed by atoms with E-state index < -0.39 is 0 Å². The second-order valence-electron chi connectivity index (χ2n) is 4.28. The monoisotopic (exact) mass is 308 g/mol. The van der Waals surface area contributed by atoms with E-state index in [1.807, 2.05) is 12.1 Å². The first-order valence-corrected chi connectivity index (χ1v) is 6.91. The van der Waals surface area contributed by atoms with Crippen molar-refractivity contribution in [3.8, 4) is 11.5 Å². The zero-order chi connectivity index (χ0) is 13.0. The molecular weight excluding hydrogens is 292 g/mol. The molecule has 0 spiro atoms. The lowest BCUT2D eigenvalue weighted by atomic mass is 10.1. The summed E-state index contributed by atoms with van der Waals surface area (Å²) in [7, 11) is 0. The molecule has 0 radical (unpaired) electrons. The molecule has 3 nitrogen and oxygen atoms in total. The quantitative estimate of drug-likeness (QED) is 0.851. The molecule has 0 amide bonds. The Balaban J connectivity index is 2.11. The lowest BCUT2D eigenvalue weighted by Gasteiger charge is -2.00. The fourth-order valence-corrected chi connectivity index (χ4v) is 2.02. The Kier molecular flexibility index (Phi) is 4.55. The number of aryl methyl sites for hydroxylation is 1. The third-order valence-corrected chi connectivity index (χ3v) is 3.56. The van der Waals surface area contributed by atoms with Gasteiger partial charge in [0, 0.05) is 16.6 Å². The third kappa shape index (κ3) is 3.21. The highest BCUT2D eigenvalue weighted by Gasteiger charge is 2.07. The summed E-state index contributed by atoms with van der Waals surface area (Å²) in [5.41, 5.74) is 3.14. The number of nitrogens with zero attached hydrogens (tertiary/aromatic N) is 1. The maximum atomic E-state index is 5.50. The van der Waals surface area contributed by atoms with E-state index in [-0.39, 0.29) is 0 Å². The standard InChI is InChI=1S/C14H17BrN2O/c1-3-6-16-8-12-9-18-14(17-12)11-5-4-10(2)13(15)7-11/h4-5,7,9,16H,3,6,8H2,1-2H3. The molecule has 0 fully saturated rings. The van der Waals surface area contributed by atoms with Gasteiger partial charge in [-0.3, -0.25) is 0 Å². The zero-order valence-electron chi connectivity index (χ0n) is 10.7. The molecule has 0 aliphatic rings. The van der Waals surface area contributed by atoms with Crippen molar-refractivity contribution >= 4 is 15.9 Å². The minimum atomic E-state index is 0.670. The lowest BCUT2D eigenvalue weighted by Crippen LogP contribution is -2.13. The van der Waals surface area contributed by atoms with Gasteiger partial charge in [-0.2, -0.15) is 0 Å². The van der Waals surface area contributed by atoms with Gasteiger partial charge >= 0.3 is 0 Å². The van der Waals surface area contributed by atoms with E-state index in [4.69, 9.17) is 4.42 Å². The number of oxazole rings is 1. The second kappa shape index (κ2) is 6.16. The van der Waals surface area contributed by atoms with Crippen LogP contribution in [0.3, 0.4) is 0 Å². The number of nitrogens with one attached hydrogen (secondary N) is 1. The van der Waals surface area contributed by atoms with Gasteiger partial charge < -0.3 is 9.73 Å². The predicted octanol–water partition coefficient (Wildman–Crippen LogP) is 3.91. The van der Waals surface area contributed by atoms with Crippen molar-refractivity contribution in [2.45, 2.75) is 26.8 Å². The van der Waals surface area contributed by atoms with Crippen LogP contribution in [0, 0.1) is 6.92 Å². The molecule has 1 N–H and O–H groups in total. The maximum absolute atomic E-state index is 5.50. The number of aromatic nitrogens is 1. The molecule has 1 aromatic carbocycles. The molecule has 0 bridgehead atoms. The summed E-state index contributed by atoms with van der Waals surface area (Å²) < 4.78 is 6.58. The molecule has 96 valence electrons. The van der Waals surface area contributed by atoms with Crippen molar-refractivity contribution in [1.29, 1.82) is 0 Å². The van der Waals surface area contributed by atoms with Gasteiger partial charge in [-0.05, 0) is 37.6 Å². The van der Waals surface area contributed by atoms with Crippen molar-refractivity contribution in [2.75, 3.05) is 6.54 Å². The predicted molar refractivity (Wildman–Crippen MR) is 76.4 cm³/mol. The largest absolute Gasteiger partial charge is 0.444 e. The fraction of sp³-hybridized carbons (Fsp3) is 0.357. The number of rotatable bonds is 5. The Hall–Kier alpha value is -1.13. The molecular formula is C14H17BrN2O. The van der Waals surface area contributed by atoms with Crippen LogP contribution in [0.15, 0.2) is 33.4 Å². The number of hydrogen-bond acceptors (Lipinski definition) is 3. The first kappa shape index (κ1) is 13.3. The van der Waals surface area contributed by atoms with Gasteiger partial charge in [0.2, 0.25) is 5.89 Å². The van der Waals surface area contributed by atoms with Crippen LogP contribution in [0.25, 0.3) is 11.5 Å². The van der Waals surface area contributed by atoms with Gasteiger partial charge in [0.15, 0.2) is 0 Å². The summed E-state index contributed by atoms with van der Waals surface area (Å²) >= 11 is 3.52. The maximum Gasteiger partial charge on any atom is 0.226 e. The van der Waals surface area contributed by atoms with Crippen LogP contribution in [0.2, 0.25) is 0 Å². The van der Waals surface area contributed by atoms with Crippen LogP contribution < -0.4 is 5.32 Å². The first-order valence-electron chi connectivity index (χ1n) is 6.12. The van der Waals surface area contributed by atoms with E-state index >= 15 is 0 Å². The summed E-state index contributed by atoms with van der Waals surface area (Å²) in [6, 6.07) is 6.11. The molecule has 18 heavy (non-hydrogen) atoms. The lowest BCUT2D eigenvalue weighted by molar-refractivity contribution is 0.570.